The molecule has 0 aromatic heterocycles. The molecule has 2 aromatic carbocycles. The van der Waals surface area contributed by atoms with Crippen LogP contribution in [0.15, 0.2) is 36.4 Å². The summed E-state index contributed by atoms with van der Waals surface area (Å²) in [4.78, 5) is 21.9. The minimum absolute atomic E-state index is 0.244. The van der Waals surface area contributed by atoms with Gasteiger partial charge in [-0.1, -0.05) is 12.1 Å². The summed E-state index contributed by atoms with van der Waals surface area (Å²) in [5.41, 5.74) is 3.80. The van der Waals surface area contributed by atoms with Crippen molar-refractivity contribution in [3.8, 4) is 0 Å². The monoisotopic (exact) mass is 293 g/mol. The van der Waals surface area contributed by atoms with Crippen LogP contribution in [0.3, 0.4) is 0 Å². The molecule has 1 amide bonds. The molecule has 0 aliphatic rings. The Balaban J connectivity index is 2.38. The number of amides is 1. The number of nitrogen functional groups attached to an aromatic ring is 1. The summed E-state index contributed by atoms with van der Waals surface area (Å²) in [6.07, 6.45) is 0. The van der Waals surface area contributed by atoms with Gasteiger partial charge in [-0.15, -0.1) is 0 Å². The fraction of sp³-hybridized carbons (Fsp3) is 0. The van der Waals surface area contributed by atoms with Gasteiger partial charge in [-0.25, -0.2) is 8.78 Å². The second kappa shape index (κ2) is 5.53. The summed E-state index contributed by atoms with van der Waals surface area (Å²) in [5, 5.41) is 12.7. The lowest BCUT2D eigenvalue weighted by Gasteiger charge is -2.09. The van der Waals surface area contributed by atoms with E-state index in [1.54, 1.807) is 0 Å². The highest BCUT2D eigenvalue weighted by molar-refractivity contribution is 6.09. The van der Waals surface area contributed by atoms with Gasteiger partial charge in [0.2, 0.25) is 0 Å². The van der Waals surface area contributed by atoms with Crippen LogP contribution in [0.25, 0.3) is 0 Å². The Hall–Kier alpha value is -3.03. The number of nitrogens with two attached hydrogens (primary N) is 1. The van der Waals surface area contributed by atoms with Crippen LogP contribution in [-0.4, -0.2) is 10.8 Å². The van der Waals surface area contributed by atoms with E-state index >= 15 is 0 Å². The van der Waals surface area contributed by atoms with Crippen LogP contribution in [-0.2, 0) is 0 Å². The van der Waals surface area contributed by atoms with Gasteiger partial charge >= 0.3 is 0 Å². The number of nitro benzene ring substituents is 1. The molecule has 0 aliphatic heterocycles. The summed E-state index contributed by atoms with van der Waals surface area (Å²) >= 11 is 0. The number of nitrogens with one attached hydrogen (secondary N) is 1. The largest absolute Gasteiger partial charge is 0.393 e. The van der Waals surface area contributed by atoms with Crippen LogP contribution < -0.4 is 11.1 Å². The molecule has 0 unspecified atom stereocenters. The minimum atomic E-state index is -0.965. The first-order valence-electron chi connectivity index (χ1n) is 5.70. The molecule has 0 heterocycles. The number of nitro groups is 1. The molecule has 0 radical (unpaired) electrons. The van der Waals surface area contributed by atoms with Crippen LogP contribution in [0.5, 0.6) is 0 Å². The van der Waals surface area contributed by atoms with Gasteiger partial charge in [0, 0.05) is 6.07 Å². The predicted octanol–water partition coefficient (Wildman–Crippen LogP) is 2.71. The molecule has 2 aromatic rings. The number of carbonyl (C=O) groups excluding carboxylic acids is 1. The molecule has 2 rings (SSSR count). The van der Waals surface area contributed by atoms with E-state index in [1.807, 2.05) is 5.32 Å². The SMILES string of the molecule is Nc1c(C(=O)Nc2c(F)cccc2F)cccc1[N+](=O)[O-]. The maximum absolute atomic E-state index is 13.4. The van der Waals surface area contributed by atoms with Gasteiger partial charge in [-0.05, 0) is 18.2 Å². The molecule has 0 saturated carbocycles. The molecule has 0 aliphatic carbocycles. The molecule has 8 heteroatoms. The summed E-state index contributed by atoms with van der Waals surface area (Å²) in [6.45, 7) is 0. The lowest BCUT2D eigenvalue weighted by molar-refractivity contribution is -0.383. The third kappa shape index (κ3) is 2.78. The standard InChI is InChI=1S/C13H9F2N3O3/c14-8-4-2-5-9(15)12(8)17-13(19)7-3-1-6-10(11(7)16)18(20)21/h1-6H,16H2,(H,17,19). The summed E-state index contributed by atoms with van der Waals surface area (Å²) in [6, 6.07) is 6.67. The molecule has 3 N–H and O–H groups in total. The predicted molar refractivity (Wildman–Crippen MR) is 71.8 cm³/mol. The van der Waals surface area contributed by atoms with Crippen molar-refractivity contribution in [2.75, 3.05) is 11.1 Å². The average molecular weight is 293 g/mol. The number of para-hydroxylation sites is 2. The van der Waals surface area contributed by atoms with E-state index in [1.165, 1.54) is 12.1 Å². The van der Waals surface area contributed by atoms with E-state index in [4.69, 9.17) is 5.73 Å². The Morgan fingerprint density at radius 3 is 2.29 bits per heavy atom. The van der Waals surface area contributed by atoms with Crippen molar-refractivity contribution in [2.24, 2.45) is 0 Å². The van der Waals surface area contributed by atoms with Crippen LogP contribution >= 0.6 is 0 Å². The first-order valence-corrected chi connectivity index (χ1v) is 5.70. The quantitative estimate of drug-likeness (QED) is 0.516. The van der Waals surface area contributed by atoms with Crippen molar-refractivity contribution >= 4 is 23.0 Å². The van der Waals surface area contributed by atoms with Crippen molar-refractivity contribution in [2.45, 2.75) is 0 Å². The summed E-state index contributed by atoms with van der Waals surface area (Å²) in [5.74, 6) is -2.88. The lowest BCUT2D eigenvalue weighted by Crippen LogP contribution is -2.16. The Morgan fingerprint density at radius 2 is 1.71 bits per heavy atom. The molecule has 6 nitrogen and oxygen atoms in total. The van der Waals surface area contributed by atoms with Gasteiger partial charge in [0.1, 0.15) is 23.0 Å². The molecule has 108 valence electrons. The molecule has 0 bridgehead atoms. The average Bonchev–Trinajstić information content (AvgIpc) is 2.42. The zero-order chi connectivity index (χ0) is 15.6. The number of halogens is 2. The highest BCUT2D eigenvalue weighted by Gasteiger charge is 2.20. The van der Waals surface area contributed by atoms with Gasteiger partial charge in [0.05, 0.1) is 10.5 Å². The van der Waals surface area contributed by atoms with Crippen molar-refractivity contribution in [3.63, 3.8) is 0 Å². The van der Waals surface area contributed by atoms with Crippen molar-refractivity contribution in [3.05, 3.63) is 63.7 Å². The maximum Gasteiger partial charge on any atom is 0.292 e. The Bertz CT molecular complexity index is 714. The molecule has 0 atom stereocenters. The first-order chi connectivity index (χ1) is 9.91. The fourth-order valence-electron chi connectivity index (χ4n) is 1.71. The van der Waals surface area contributed by atoms with E-state index in [0.717, 1.165) is 24.3 Å². The molecule has 0 spiro atoms. The third-order valence-electron chi connectivity index (χ3n) is 2.73. The Labute approximate surface area is 117 Å². The van der Waals surface area contributed by atoms with Crippen molar-refractivity contribution in [1.29, 1.82) is 0 Å². The molecular weight excluding hydrogens is 284 g/mol. The van der Waals surface area contributed by atoms with E-state index in [0.29, 0.717) is 0 Å². The van der Waals surface area contributed by atoms with Gasteiger partial charge in [0.15, 0.2) is 0 Å². The number of benzene rings is 2. The lowest BCUT2D eigenvalue weighted by atomic mass is 10.1. The number of carbonyl (C=O) groups is 1. The molecule has 21 heavy (non-hydrogen) atoms. The molecule has 0 saturated heterocycles. The Morgan fingerprint density at radius 1 is 1.14 bits per heavy atom. The van der Waals surface area contributed by atoms with Gasteiger partial charge in [-0.3, -0.25) is 14.9 Å². The van der Waals surface area contributed by atoms with E-state index in [9.17, 15) is 23.7 Å². The maximum atomic E-state index is 13.4. The van der Waals surface area contributed by atoms with Crippen LogP contribution in [0.4, 0.5) is 25.8 Å². The van der Waals surface area contributed by atoms with E-state index < -0.39 is 33.8 Å². The molecule has 0 fully saturated rings. The molecular formula is C13H9F2N3O3. The van der Waals surface area contributed by atoms with Gasteiger partial charge < -0.3 is 11.1 Å². The van der Waals surface area contributed by atoms with Crippen LogP contribution in [0.2, 0.25) is 0 Å². The second-order valence-corrected chi connectivity index (χ2v) is 4.05. The second-order valence-electron chi connectivity index (χ2n) is 4.05. The minimum Gasteiger partial charge on any atom is -0.393 e. The first kappa shape index (κ1) is 14.4. The highest BCUT2D eigenvalue weighted by atomic mass is 19.1. The fourth-order valence-corrected chi connectivity index (χ4v) is 1.71. The van der Waals surface area contributed by atoms with E-state index in [2.05, 4.69) is 0 Å². The van der Waals surface area contributed by atoms with Crippen LogP contribution in [0.1, 0.15) is 10.4 Å². The smallest absolute Gasteiger partial charge is 0.292 e. The summed E-state index contributed by atoms with van der Waals surface area (Å²) in [7, 11) is 0. The zero-order valence-electron chi connectivity index (χ0n) is 10.5. The topological polar surface area (TPSA) is 98.3 Å². The number of rotatable bonds is 3. The highest BCUT2D eigenvalue weighted by Crippen LogP contribution is 2.26. The third-order valence-corrected chi connectivity index (χ3v) is 2.73. The van der Waals surface area contributed by atoms with Crippen LogP contribution in [0, 0.1) is 21.7 Å². The van der Waals surface area contributed by atoms with Gasteiger partial charge in [-0.2, -0.15) is 0 Å². The van der Waals surface area contributed by atoms with Gasteiger partial charge in [0.25, 0.3) is 11.6 Å². The van der Waals surface area contributed by atoms with E-state index in [-0.39, 0.29) is 11.3 Å². The van der Waals surface area contributed by atoms with Crippen molar-refractivity contribution in [1.82, 2.24) is 0 Å². The number of anilines is 2. The van der Waals surface area contributed by atoms with Crippen molar-refractivity contribution < 1.29 is 18.5 Å². The number of hydrogen-bond acceptors (Lipinski definition) is 4. The normalized spacial score (nSPS) is 10.2. The summed E-state index contributed by atoms with van der Waals surface area (Å²) < 4.78 is 26.9. The zero-order valence-corrected chi connectivity index (χ0v) is 10.5. The number of nitrogens with zero attached hydrogens (tertiary/aromatic N) is 1. The number of hydrogen-bond donors (Lipinski definition) is 2. The Kier molecular flexibility index (Phi) is 3.79.